The molecular weight excluding hydrogens is 406 g/mol. The van der Waals surface area contributed by atoms with Crippen molar-refractivity contribution < 1.29 is 16.8 Å². The van der Waals surface area contributed by atoms with Crippen LogP contribution in [0.3, 0.4) is 0 Å². The highest BCUT2D eigenvalue weighted by Crippen LogP contribution is 2.38. The highest BCUT2D eigenvalue weighted by Gasteiger charge is 2.24. The minimum atomic E-state index is -4.43. The van der Waals surface area contributed by atoms with E-state index in [9.17, 15) is 16.8 Å². The van der Waals surface area contributed by atoms with E-state index in [1.165, 1.54) is 12.1 Å². The van der Waals surface area contributed by atoms with Gasteiger partial charge in [-0.1, -0.05) is 71.4 Å². The van der Waals surface area contributed by atoms with Gasteiger partial charge in [-0.2, -0.15) is 0 Å². The normalized spacial score (nSPS) is 12.9. The van der Waals surface area contributed by atoms with Crippen LogP contribution in [0.5, 0.6) is 0 Å². The third-order valence-electron chi connectivity index (χ3n) is 4.85. The fraction of sp³-hybridized carbons (Fsp3) is 0.455. The Bertz CT molecular complexity index is 1050. The maximum Gasteiger partial charge on any atom is 0.113 e. The second-order valence-electron chi connectivity index (χ2n) is 8.33. The Labute approximate surface area is 175 Å². The third kappa shape index (κ3) is 5.27. The minimum absolute atomic E-state index is 0.0163. The summed E-state index contributed by atoms with van der Waals surface area (Å²) >= 11 is 0. The van der Waals surface area contributed by atoms with Gasteiger partial charge in [0.1, 0.15) is 20.0 Å². The van der Waals surface area contributed by atoms with Crippen molar-refractivity contribution in [2.24, 2.45) is 0 Å². The molecule has 0 fully saturated rings. The maximum atomic E-state index is 13.3. The smallest absolute Gasteiger partial charge is 0.113 e. The van der Waals surface area contributed by atoms with E-state index < -0.39 is 20.0 Å². The van der Waals surface area contributed by atoms with E-state index in [4.69, 9.17) is 0 Å². The molecule has 0 heterocycles. The van der Waals surface area contributed by atoms with Gasteiger partial charge in [0, 0.05) is 4.90 Å². The summed E-state index contributed by atoms with van der Waals surface area (Å²) in [6.45, 7) is 13.5. The second kappa shape index (κ2) is 8.58. The van der Waals surface area contributed by atoms with Gasteiger partial charge in [0.05, 0.1) is 4.90 Å². The molecule has 2 rings (SSSR count). The molecule has 0 saturated heterocycles. The summed E-state index contributed by atoms with van der Waals surface area (Å²) < 4.78 is 55.4. The molecule has 0 unspecified atom stereocenters. The first-order valence-corrected chi connectivity index (χ1v) is 12.6. The molecule has 0 aliphatic rings. The van der Waals surface area contributed by atoms with Gasteiger partial charge in [0.15, 0.2) is 0 Å². The summed E-state index contributed by atoms with van der Waals surface area (Å²) in [5, 5.41) is 0. The monoisotopic (exact) mass is 436 g/mol. The summed E-state index contributed by atoms with van der Waals surface area (Å²) in [6.07, 6.45) is 0. The summed E-state index contributed by atoms with van der Waals surface area (Å²) in [6, 6.07) is 9.71. The molecule has 0 bridgehead atoms. The Hall–Kier alpha value is -1.70. The molecule has 0 spiro atoms. The van der Waals surface area contributed by atoms with Crippen LogP contribution in [0.4, 0.5) is 0 Å². The van der Waals surface area contributed by atoms with E-state index in [1.54, 1.807) is 12.1 Å². The zero-order valence-electron chi connectivity index (χ0n) is 18.1. The summed E-state index contributed by atoms with van der Waals surface area (Å²) in [5.41, 5.74) is 3.10. The average molecular weight is 437 g/mol. The van der Waals surface area contributed by atoms with Crippen LogP contribution < -0.4 is 0 Å². The summed E-state index contributed by atoms with van der Waals surface area (Å²) in [4.78, 5) is -0.120. The molecule has 5 nitrogen and oxygen atoms in total. The lowest BCUT2D eigenvalue weighted by Crippen LogP contribution is -2.15. The van der Waals surface area contributed by atoms with Crippen molar-refractivity contribution in [2.75, 3.05) is 0 Å². The fourth-order valence-corrected chi connectivity index (χ4v) is 6.45. The maximum absolute atomic E-state index is 13.3. The Morgan fingerprint density at radius 1 is 0.690 bits per heavy atom. The number of aryl methyl sites for hydroxylation is 1. The Morgan fingerprint density at radius 3 is 1.52 bits per heavy atom. The lowest BCUT2D eigenvalue weighted by molar-refractivity contribution is 0.592. The molecule has 29 heavy (non-hydrogen) atoms. The molecule has 2 aromatic rings. The first-order chi connectivity index (χ1) is 13.3. The van der Waals surface area contributed by atoms with Gasteiger partial charge in [-0.3, -0.25) is 0 Å². The zero-order valence-corrected chi connectivity index (χ0v) is 19.7. The van der Waals surface area contributed by atoms with Crippen LogP contribution in [0.1, 0.15) is 81.5 Å². The Balaban J connectivity index is 2.69. The molecular formula is C22H30NO4S2-. The van der Waals surface area contributed by atoms with Crippen LogP contribution in [0.2, 0.25) is 0 Å². The van der Waals surface area contributed by atoms with Crippen LogP contribution in [0.25, 0.3) is 4.13 Å². The standard InChI is InChI=1S/C22H30NO4S2/c1-14(2)18-12-20(15(3)4)22(21(13-18)16(5)6)29(26,27)23-28(24,25)19-10-8-17(7)9-11-19/h8-16H,1-7H3/q-1. The number of hydrogen-bond donors (Lipinski definition) is 0. The van der Waals surface area contributed by atoms with Crippen LogP contribution in [0.15, 0.2) is 46.2 Å². The molecule has 0 aromatic heterocycles. The van der Waals surface area contributed by atoms with Crippen molar-refractivity contribution in [3.05, 3.63) is 62.8 Å². The van der Waals surface area contributed by atoms with Crippen molar-refractivity contribution in [1.29, 1.82) is 0 Å². The molecule has 2 aromatic carbocycles. The van der Waals surface area contributed by atoms with E-state index in [0.717, 1.165) is 11.1 Å². The lowest BCUT2D eigenvalue weighted by Gasteiger charge is -2.28. The molecule has 7 heteroatoms. The van der Waals surface area contributed by atoms with Crippen LogP contribution in [-0.2, 0) is 20.0 Å². The second-order valence-corrected chi connectivity index (χ2v) is 11.7. The van der Waals surface area contributed by atoms with Gasteiger partial charge in [-0.15, -0.1) is 0 Å². The first kappa shape index (κ1) is 23.6. The van der Waals surface area contributed by atoms with Crippen molar-refractivity contribution in [2.45, 2.75) is 76.0 Å². The number of hydrogen-bond acceptors (Lipinski definition) is 4. The van der Waals surface area contributed by atoms with Crippen molar-refractivity contribution in [3.63, 3.8) is 0 Å². The first-order valence-electron chi connectivity index (χ1n) is 9.75. The predicted molar refractivity (Wildman–Crippen MR) is 118 cm³/mol. The van der Waals surface area contributed by atoms with Gasteiger partial charge in [-0.05, 0) is 53.5 Å². The van der Waals surface area contributed by atoms with Crippen molar-refractivity contribution in [3.8, 4) is 0 Å². The van der Waals surface area contributed by atoms with E-state index in [-0.39, 0.29) is 27.5 Å². The van der Waals surface area contributed by atoms with Gasteiger partial charge in [0.2, 0.25) is 0 Å². The van der Waals surface area contributed by atoms with Crippen LogP contribution in [0, 0.1) is 6.92 Å². The summed E-state index contributed by atoms with van der Waals surface area (Å²) in [5.74, 6) is 0.0106. The highest BCUT2D eigenvalue weighted by atomic mass is 32.3. The highest BCUT2D eigenvalue weighted by molar-refractivity contribution is 8.12. The molecule has 0 atom stereocenters. The molecule has 0 aliphatic carbocycles. The largest absolute Gasteiger partial charge is 0.428 e. The lowest BCUT2D eigenvalue weighted by atomic mass is 9.89. The fourth-order valence-electron chi connectivity index (χ4n) is 3.11. The minimum Gasteiger partial charge on any atom is -0.428 e. The number of nitrogens with zero attached hydrogens (tertiary/aromatic N) is 1. The van der Waals surface area contributed by atoms with Gasteiger partial charge < -0.3 is 4.13 Å². The van der Waals surface area contributed by atoms with Gasteiger partial charge in [-0.25, -0.2) is 16.8 Å². The molecule has 160 valence electrons. The molecule has 0 saturated carbocycles. The van der Waals surface area contributed by atoms with E-state index in [0.29, 0.717) is 11.1 Å². The number of benzene rings is 2. The average Bonchev–Trinajstić information content (AvgIpc) is 2.59. The Kier molecular flexibility index (Phi) is 6.97. The summed E-state index contributed by atoms with van der Waals surface area (Å²) in [7, 11) is -8.79. The molecule has 0 N–H and O–H groups in total. The Morgan fingerprint density at radius 2 is 1.14 bits per heavy atom. The van der Waals surface area contributed by atoms with Crippen molar-refractivity contribution >= 4 is 20.0 Å². The third-order valence-corrected chi connectivity index (χ3v) is 8.28. The molecule has 0 radical (unpaired) electrons. The van der Waals surface area contributed by atoms with E-state index >= 15 is 0 Å². The van der Waals surface area contributed by atoms with E-state index in [1.807, 2.05) is 60.6 Å². The van der Waals surface area contributed by atoms with Crippen LogP contribution in [-0.4, -0.2) is 16.8 Å². The molecule has 0 amide bonds. The van der Waals surface area contributed by atoms with Gasteiger partial charge >= 0.3 is 0 Å². The van der Waals surface area contributed by atoms with Crippen molar-refractivity contribution in [1.82, 2.24) is 0 Å². The number of sulfonamides is 2. The van der Waals surface area contributed by atoms with Gasteiger partial charge in [0.25, 0.3) is 0 Å². The topological polar surface area (TPSA) is 82.4 Å². The quantitative estimate of drug-likeness (QED) is 0.548. The number of rotatable bonds is 7. The zero-order chi connectivity index (χ0) is 22.1. The SMILES string of the molecule is Cc1ccc(S(=O)(=O)[N-]S(=O)(=O)c2c(C(C)C)cc(C(C)C)cc2C(C)C)cc1. The van der Waals surface area contributed by atoms with Crippen LogP contribution >= 0.6 is 0 Å². The van der Waals surface area contributed by atoms with E-state index in [2.05, 4.69) is 4.13 Å². The molecule has 0 aliphatic heterocycles. The predicted octanol–water partition coefficient (Wildman–Crippen LogP) is 5.82.